The van der Waals surface area contributed by atoms with Crippen molar-refractivity contribution in [3.05, 3.63) is 41.7 Å². The molecule has 1 aromatic carbocycles. The van der Waals surface area contributed by atoms with E-state index < -0.39 is 0 Å². The minimum absolute atomic E-state index is 0.147. The van der Waals surface area contributed by atoms with E-state index >= 15 is 0 Å². The van der Waals surface area contributed by atoms with Gasteiger partial charge < -0.3 is 15.0 Å². The number of ether oxygens (including phenoxy) is 1. The van der Waals surface area contributed by atoms with Crippen molar-refractivity contribution in [1.82, 2.24) is 14.7 Å². The zero-order valence-corrected chi connectivity index (χ0v) is 15.9. The third-order valence-corrected chi connectivity index (χ3v) is 4.75. The smallest absolute Gasteiger partial charge is 0.273 e. The van der Waals surface area contributed by atoms with E-state index in [0.29, 0.717) is 5.69 Å². The van der Waals surface area contributed by atoms with Crippen molar-refractivity contribution in [1.29, 1.82) is 0 Å². The van der Waals surface area contributed by atoms with Gasteiger partial charge in [0.15, 0.2) is 0 Å². The first-order valence-electron chi connectivity index (χ1n) is 9.34. The van der Waals surface area contributed by atoms with Gasteiger partial charge in [0.05, 0.1) is 5.69 Å². The monoisotopic (exact) mass is 356 g/mol. The van der Waals surface area contributed by atoms with Crippen molar-refractivity contribution in [2.24, 2.45) is 7.05 Å². The van der Waals surface area contributed by atoms with E-state index in [0.717, 1.165) is 55.9 Å². The Labute approximate surface area is 155 Å². The fourth-order valence-corrected chi connectivity index (χ4v) is 3.22. The minimum Gasteiger partial charge on any atom is -0.490 e. The number of hydrogen-bond acceptors (Lipinski definition) is 4. The average molecular weight is 356 g/mol. The predicted octanol–water partition coefficient (Wildman–Crippen LogP) is 3.10. The topological polar surface area (TPSA) is 59.4 Å². The molecule has 1 aliphatic heterocycles. The molecule has 0 saturated carbocycles. The van der Waals surface area contributed by atoms with Crippen molar-refractivity contribution in [2.45, 2.75) is 38.7 Å². The maximum atomic E-state index is 12.5. The lowest BCUT2D eigenvalue weighted by molar-refractivity contribution is 0.101. The van der Waals surface area contributed by atoms with Crippen LogP contribution in [0.3, 0.4) is 0 Å². The molecule has 0 spiro atoms. The molecule has 1 amide bonds. The number of rotatable bonds is 6. The second kappa shape index (κ2) is 8.36. The normalized spacial score (nSPS) is 15.8. The Balaban J connectivity index is 1.57. The molecule has 1 N–H and O–H groups in total. The number of carbonyl (C=O) groups excluding carboxylic acids is 1. The highest BCUT2D eigenvalue weighted by Gasteiger charge is 2.18. The number of amides is 1. The summed E-state index contributed by atoms with van der Waals surface area (Å²) in [4.78, 5) is 14.8. The van der Waals surface area contributed by atoms with Crippen LogP contribution in [0.15, 0.2) is 30.3 Å². The van der Waals surface area contributed by atoms with Crippen molar-refractivity contribution in [3.63, 3.8) is 0 Å². The zero-order valence-electron chi connectivity index (χ0n) is 15.9. The molecule has 3 rings (SSSR count). The predicted molar refractivity (Wildman–Crippen MR) is 103 cm³/mol. The second-order valence-electron chi connectivity index (χ2n) is 6.99. The van der Waals surface area contributed by atoms with Crippen molar-refractivity contribution in [2.75, 3.05) is 25.5 Å². The van der Waals surface area contributed by atoms with Crippen molar-refractivity contribution in [3.8, 4) is 5.75 Å². The summed E-state index contributed by atoms with van der Waals surface area (Å²) in [6.07, 6.45) is 4.27. The van der Waals surface area contributed by atoms with E-state index in [1.165, 1.54) is 0 Å². The Morgan fingerprint density at radius 2 is 1.92 bits per heavy atom. The quantitative estimate of drug-likeness (QED) is 0.864. The van der Waals surface area contributed by atoms with Gasteiger partial charge in [-0.25, -0.2) is 0 Å². The summed E-state index contributed by atoms with van der Waals surface area (Å²) in [5.41, 5.74) is 2.27. The van der Waals surface area contributed by atoms with Crippen LogP contribution in [0.2, 0.25) is 0 Å². The van der Waals surface area contributed by atoms with Gasteiger partial charge in [0.1, 0.15) is 17.5 Å². The summed E-state index contributed by atoms with van der Waals surface area (Å²) in [6, 6.07) is 9.45. The molecule has 0 atom stereocenters. The lowest BCUT2D eigenvalue weighted by Gasteiger charge is -2.29. The molecule has 1 aliphatic rings. The van der Waals surface area contributed by atoms with Crippen LogP contribution in [0.25, 0.3) is 0 Å². The summed E-state index contributed by atoms with van der Waals surface area (Å²) in [5, 5.41) is 7.31. The number of carbonyl (C=O) groups is 1. The van der Waals surface area contributed by atoms with E-state index in [-0.39, 0.29) is 12.0 Å². The summed E-state index contributed by atoms with van der Waals surface area (Å²) in [5.74, 6) is 0.703. The van der Waals surface area contributed by atoms with Crippen molar-refractivity contribution >= 4 is 11.6 Å². The van der Waals surface area contributed by atoms with Gasteiger partial charge >= 0.3 is 0 Å². The molecular formula is C20H28N4O2. The van der Waals surface area contributed by atoms with Gasteiger partial charge in [-0.15, -0.1) is 0 Å². The summed E-state index contributed by atoms with van der Waals surface area (Å²) >= 11 is 0. The van der Waals surface area contributed by atoms with Gasteiger partial charge in [0.25, 0.3) is 5.91 Å². The van der Waals surface area contributed by atoms with Crippen LogP contribution < -0.4 is 10.1 Å². The van der Waals surface area contributed by atoms with Crippen LogP contribution >= 0.6 is 0 Å². The molecule has 1 saturated heterocycles. The number of likely N-dealkylation sites (tertiary alicyclic amines) is 1. The molecule has 0 radical (unpaired) electrons. The summed E-state index contributed by atoms with van der Waals surface area (Å²) in [6.45, 7) is 4.25. The molecule has 140 valence electrons. The van der Waals surface area contributed by atoms with E-state index in [4.69, 9.17) is 4.74 Å². The second-order valence-corrected chi connectivity index (χ2v) is 6.99. The third kappa shape index (κ3) is 4.64. The summed E-state index contributed by atoms with van der Waals surface area (Å²) in [7, 11) is 3.94. The highest BCUT2D eigenvalue weighted by Crippen LogP contribution is 2.21. The van der Waals surface area contributed by atoms with Gasteiger partial charge in [-0.2, -0.15) is 5.10 Å². The summed E-state index contributed by atoms with van der Waals surface area (Å²) < 4.78 is 7.68. The highest BCUT2D eigenvalue weighted by molar-refractivity contribution is 6.03. The van der Waals surface area contributed by atoms with Gasteiger partial charge in [-0.1, -0.05) is 13.3 Å². The van der Waals surface area contributed by atoms with Crippen LogP contribution in [-0.4, -0.2) is 46.8 Å². The Morgan fingerprint density at radius 3 is 2.58 bits per heavy atom. The number of aryl methyl sites for hydroxylation is 2. The van der Waals surface area contributed by atoms with Gasteiger partial charge in [0, 0.05) is 25.8 Å². The molecule has 1 fully saturated rings. The number of hydrogen-bond donors (Lipinski definition) is 1. The van der Waals surface area contributed by atoms with E-state index in [1.807, 2.05) is 30.3 Å². The standard InChI is InChI=1S/C20H28N4O2/c1-4-5-16-14-19(24(3)22-16)20(25)21-15-6-8-17(9-7-15)26-18-10-12-23(2)13-11-18/h6-9,14,18H,4-5,10-13H2,1-3H3,(H,21,25). The van der Waals surface area contributed by atoms with Crippen LogP contribution in [0.1, 0.15) is 42.4 Å². The first kappa shape index (κ1) is 18.5. The Morgan fingerprint density at radius 1 is 1.23 bits per heavy atom. The number of nitrogens with one attached hydrogen (secondary N) is 1. The van der Waals surface area contributed by atoms with E-state index in [9.17, 15) is 4.79 Å². The van der Waals surface area contributed by atoms with Gasteiger partial charge in [-0.3, -0.25) is 9.48 Å². The minimum atomic E-state index is -0.147. The first-order chi connectivity index (χ1) is 12.5. The van der Waals surface area contributed by atoms with Gasteiger partial charge in [0.2, 0.25) is 0 Å². The molecule has 1 aromatic heterocycles. The molecule has 6 nitrogen and oxygen atoms in total. The Bertz CT molecular complexity index is 731. The average Bonchev–Trinajstić information content (AvgIpc) is 2.99. The van der Waals surface area contributed by atoms with Crippen LogP contribution in [0, 0.1) is 0 Å². The lowest BCUT2D eigenvalue weighted by Crippen LogP contribution is -2.35. The molecular weight excluding hydrogens is 328 g/mol. The first-order valence-corrected chi connectivity index (χ1v) is 9.34. The van der Waals surface area contributed by atoms with Crippen LogP contribution in [0.4, 0.5) is 5.69 Å². The van der Waals surface area contributed by atoms with Crippen LogP contribution in [-0.2, 0) is 13.5 Å². The molecule has 0 bridgehead atoms. The maximum absolute atomic E-state index is 12.5. The molecule has 26 heavy (non-hydrogen) atoms. The zero-order chi connectivity index (χ0) is 18.5. The van der Waals surface area contributed by atoms with Crippen molar-refractivity contribution < 1.29 is 9.53 Å². The SMILES string of the molecule is CCCc1cc(C(=O)Nc2ccc(OC3CCN(C)CC3)cc2)n(C)n1. The van der Waals surface area contributed by atoms with E-state index in [2.05, 4.69) is 29.3 Å². The largest absolute Gasteiger partial charge is 0.490 e. The fraction of sp³-hybridized carbons (Fsp3) is 0.500. The number of anilines is 1. The number of benzene rings is 1. The lowest BCUT2D eigenvalue weighted by atomic mass is 10.1. The molecule has 2 aromatic rings. The Hall–Kier alpha value is -2.34. The maximum Gasteiger partial charge on any atom is 0.273 e. The molecule has 0 unspecified atom stereocenters. The number of nitrogens with zero attached hydrogens (tertiary/aromatic N) is 3. The van der Waals surface area contributed by atoms with Crippen LogP contribution in [0.5, 0.6) is 5.75 Å². The fourth-order valence-electron chi connectivity index (χ4n) is 3.22. The van der Waals surface area contributed by atoms with E-state index in [1.54, 1.807) is 11.7 Å². The highest BCUT2D eigenvalue weighted by atomic mass is 16.5. The number of piperidine rings is 1. The molecule has 6 heteroatoms. The van der Waals surface area contributed by atoms with Gasteiger partial charge in [-0.05, 0) is 56.6 Å². The number of aromatic nitrogens is 2. The molecule has 0 aliphatic carbocycles. The molecule has 2 heterocycles. The third-order valence-electron chi connectivity index (χ3n) is 4.75. The Kier molecular flexibility index (Phi) is 5.93.